The highest BCUT2D eigenvalue weighted by Crippen LogP contribution is 2.27. The average Bonchev–Trinajstić information content (AvgIpc) is 2.56. The van der Waals surface area contributed by atoms with Gasteiger partial charge < -0.3 is 0 Å². The highest BCUT2D eigenvalue weighted by atomic mass is 14.7. The lowest BCUT2D eigenvalue weighted by Crippen LogP contribution is -1.95. The Hall–Kier alpha value is -2.48. The summed E-state index contributed by atoms with van der Waals surface area (Å²) in [5.41, 5.74) is 5.49. The average molecular weight is 274 g/mol. The highest BCUT2D eigenvalue weighted by Gasteiger charge is 2.09. The van der Waals surface area contributed by atoms with Crippen LogP contribution in [0.25, 0.3) is 22.5 Å². The maximum atomic E-state index is 4.82. The summed E-state index contributed by atoms with van der Waals surface area (Å²) in [7, 11) is 0. The normalized spacial score (nSPS) is 10.8. The Morgan fingerprint density at radius 3 is 2.10 bits per heavy atom. The number of aromatic nitrogens is 2. The minimum atomic E-state index is 0.464. The maximum absolute atomic E-state index is 4.82. The van der Waals surface area contributed by atoms with Crippen LogP contribution in [0.3, 0.4) is 0 Å². The Morgan fingerprint density at radius 1 is 0.810 bits per heavy atom. The van der Waals surface area contributed by atoms with Crippen molar-refractivity contribution in [1.29, 1.82) is 0 Å². The van der Waals surface area contributed by atoms with Crippen LogP contribution in [0.15, 0.2) is 67.0 Å². The Bertz CT molecular complexity index is 661. The summed E-state index contributed by atoms with van der Waals surface area (Å²) in [5, 5.41) is 0. The molecule has 0 unspecified atom stereocenters. The van der Waals surface area contributed by atoms with Gasteiger partial charge in [0.2, 0.25) is 0 Å². The summed E-state index contributed by atoms with van der Waals surface area (Å²) in [5.74, 6) is 0.464. The quantitative estimate of drug-likeness (QED) is 0.676. The Balaban J connectivity index is 2.16. The SMILES string of the molecule is CC(C)c1cc(-c2ccccc2)nc(-c2cccnc2)c1. The molecule has 0 spiro atoms. The molecule has 2 nitrogen and oxygen atoms in total. The number of nitrogens with zero attached hydrogens (tertiary/aromatic N) is 2. The first-order chi connectivity index (χ1) is 10.2. The molecule has 2 heterocycles. The lowest BCUT2D eigenvalue weighted by atomic mass is 9.99. The summed E-state index contributed by atoms with van der Waals surface area (Å²) < 4.78 is 0. The second-order valence-electron chi connectivity index (χ2n) is 5.43. The molecule has 0 bridgehead atoms. The van der Waals surface area contributed by atoms with Gasteiger partial charge in [-0.2, -0.15) is 0 Å². The van der Waals surface area contributed by atoms with E-state index in [0.717, 1.165) is 22.5 Å². The van der Waals surface area contributed by atoms with Gasteiger partial charge in [-0.1, -0.05) is 44.2 Å². The van der Waals surface area contributed by atoms with Crippen LogP contribution in [0.4, 0.5) is 0 Å². The number of rotatable bonds is 3. The molecular weight excluding hydrogens is 256 g/mol. The number of benzene rings is 1. The minimum absolute atomic E-state index is 0.464. The maximum Gasteiger partial charge on any atom is 0.0727 e. The van der Waals surface area contributed by atoms with E-state index in [1.54, 1.807) is 6.20 Å². The molecule has 104 valence electrons. The van der Waals surface area contributed by atoms with Crippen molar-refractivity contribution in [3.05, 3.63) is 72.6 Å². The Morgan fingerprint density at radius 2 is 1.48 bits per heavy atom. The first-order valence-electron chi connectivity index (χ1n) is 7.22. The molecule has 3 aromatic rings. The second-order valence-corrected chi connectivity index (χ2v) is 5.43. The molecule has 3 rings (SSSR count). The fourth-order valence-corrected chi connectivity index (χ4v) is 2.30. The van der Waals surface area contributed by atoms with Crippen LogP contribution in [0, 0.1) is 0 Å². The third kappa shape index (κ3) is 3.00. The lowest BCUT2D eigenvalue weighted by Gasteiger charge is -2.11. The summed E-state index contributed by atoms with van der Waals surface area (Å²) in [6.45, 7) is 4.41. The van der Waals surface area contributed by atoms with Crippen molar-refractivity contribution in [2.24, 2.45) is 0 Å². The predicted molar refractivity (Wildman–Crippen MR) is 87.0 cm³/mol. The van der Waals surface area contributed by atoms with Gasteiger partial charge in [-0.15, -0.1) is 0 Å². The standard InChI is InChI=1S/C19H18N2/c1-14(2)17-11-18(15-7-4-3-5-8-15)21-19(12-17)16-9-6-10-20-13-16/h3-14H,1-2H3. The largest absolute Gasteiger partial charge is 0.264 e. The third-order valence-electron chi connectivity index (χ3n) is 3.54. The van der Waals surface area contributed by atoms with Gasteiger partial charge in [-0.25, -0.2) is 4.98 Å². The first-order valence-corrected chi connectivity index (χ1v) is 7.22. The van der Waals surface area contributed by atoms with Gasteiger partial charge in [0.05, 0.1) is 11.4 Å². The van der Waals surface area contributed by atoms with Crippen LogP contribution in [0.1, 0.15) is 25.3 Å². The van der Waals surface area contributed by atoms with E-state index in [-0.39, 0.29) is 0 Å². The van der Waals surface area contributed by atoms with Gasteiger partial charge in [0, 0.05) is 23.5 Å². The lowest BCUT2D eigenvalue weighted by molar-refractivity contribution is 0.864. The molecule has 0 radical (unpaired) electrons. The van der Waals surface area contributed by atoms with Crippen molar-refractivity contribution in [1.82, 2.24) is 9.97 Å². The van der Waals surface area contributed by atoms with E-state index < -0.39 is 0 Å². The molecule has 0 atom stereocenters. The van der Waals surface area contributed by atoms with Crippen molar-refractivity contribution < 1.29 is 0 Å². The van der Waals surface area contributed by atoms with E-state index in [2.05, 4.69) is 43.1 Å². The molecule has 0 fully saturated rings. The van der Waals surface area contributed by atoms with E-state index >= 15 is 0 Å². The van der Waals surface area contributed by atoms with Crippen molar-refractivity contribution in [3.63, 3.8) is 0 Å². The van der Waals surface area contributed by atoms with Crippen molar-refractivity contribution in [2.75, 3.05) is 0 Å². The minimum Gasteiger partial charge on any atom is -0.264 e. The van der Waals surface area contributed by atoms with E-state index in [1.165, 1.54) is 5.56 Å². The van der Waals surface area contributed by atoms with E-state index in [0.29, 0.717) is 5.92 Å². The number of pyridine rings is 2. The Kier molecular flexibility index (Phi) is 3.78. The molecule has 0 saturated carbocycles. The smallest absolute Gasteiger partial charge is 0.0727 e. The van der Waals surface area contributed by atoms with Gasteiger partial charge >= 0.3 is 0 Å². The Labute approximate surface area is 125 Å². The predicted octanol–water partition coefficient (Wildman–Crippen LogP) is 4.93. The fourth-order valence-electron chi connectivity index (χ4n) is 2.30. The molecule has 21 heavy (non-hydrogen) atoms. The van der Waals surface area contributed by atoms with Crippen molar-refractivity contribution in [2.45, 2.75) is 19.8 Å². The molecule has 2 aromatic heterocycles. The molecule has 0 amide bonds. The van der Waals surface area contributed by atoms with Crippen LogP contribution in [-0.2, 0) is 0 Å². The van der Waals surface area contributed by atoms with Crippen LogP contribution in [-0.4, -0.2) is 9.97 Å². The van der Waals surface area contributed by atoms with Gasteiger partial charge in [-0.3, -0.25) is 4.98 Å². The second kappa shape index (κ2) is 5.88. The van der Waals surface area contributed by atoms with Gasteiger partial charge in [0.1, 0.15) is 0 Å². The molecule has 2 heteroatoms. The number of hydrogen-bond acceptors (Lipinski definition) is 2. The van der Waals surface area contributed by atoms with Crippen LogP contribution >= 0.6 is 0 Å². The van der Waals surface area contributed by atoms with Gasteiger partial charge in [0.25, 0.3) is 0 Å². The van der Waals surface area contributed by atoms with Crippen molar-refractivity contribution in [3.8, 4) is 22.5 Å². The van der Waals surface area contributed by atoms with E-state index in [4.69, 9.17) is 4.98 Å². The van der Waals surface area contributed by atoms with Crippen molar-refractivity contribution >= 4 is 0 Å². The van der Waals surface area contributed by atoms with E-state index in [9.17, 15) is 0 Å². The fraction of sp³-hybridized carbons (Fsp3) is 0.158. The first kappa shape index (κ1) is 13.5. The molecule has 0 aliphatic carbocycles. The molecular formula is C19H18N2. The summed E-state index contributed by atoms with van der Waals surface area (Å²) >= 11 is 0. The summed E-state index contributed by atoms with van der Waals surface area (Å²) in [4.78, 5) is 9.01. The van der Waals surface area contributed by atoms with Crippen LogP contribution < -0.4 is 0 Å². The molecule has 0 N–H and O–H groups in total. The topological polar surface area (TPSA) is 25.8 Å². The van der Waals surface area contributed by atoms with Crippen LogP contribution in [0.2, 0.25) is 0 Å². The molecule has 0 aliphatic heterocycles. The zero-order valence-corrected chi connectivity index (χ0v) is 12.3. The van der Waals surface area contributed by atoms with Crippen LogP contribution in [0.5, 0.6) is 0 Å². The summed E-state index contributed by atoms with van der Waals surface area (Å²) in [6, 6.07) is 18.6. The highest BCUT2D eigenvalue weighted by molar-refractivity contribution is 5.67. The van der Waals surface area contributed by atoms with Gasteiger partial charge in [-0.05, 0) is 35.7 Å². The third-order valence-corrected chi connectivity index (χ3v) is 3.54. The molecule has 0 saturated heterocycles. The van der Waals surface area contributed by atoms with E-state index in [1.807, 2.05) is 36.5 Å². The zero-order chi connectivity index (χ0) is 14.7. The molecule has 1 aromatic carbocycles. The molecule has 0 aliphatic rings. The monoisotopic (exact) mass is 274 g/mol. The zero-order valence-electron chi connectivity index (χ0n) is 12.3. The number of hydrogen-bond donors (Lipinski definition) is 0. The summed E-state index contributed by atoms with van der Waals surface area (Å²) in [6.07, 6.45) is 3.65. The van der Waals surface area contributed by atoms with Gasteiger partial charge in [0.15, 0.2) is 0 Å².